The minimum Gasteiger partial charge on any atom is -0.366 e. The van der Waals surface area contributed by atoms with Crippen LogP contribution in [0.25, 0.3) is 0 Å². The molecule has 0 saturated carbocycles. The standard InChI is InChI=1S/C9H16N2O3/c1-6(2)8(12)11-9(13)7-5-10-3-4-14-7/h6-7,10H,3-5H2,1-2H3,(H,11,12,13). The Morgan fingerprint density at radius 3 is 2.71 bits per heavy atom. The Morgan fingerprint density at radius 2 is 2.21 bits per heavy atom. The Hall–Kier alpha value is -0.940. The van der Waals surface area contributed by atoms with Gasteiger partial charge in [0.05, 0.1) is 6.61 Å². The molecule has 1 aliphatic rings. The Kier molecular flexibility index (Phi) is 4.03. The quantitative estimate of drug-likeness (QED) is 0.617. The van der Waals surface area contributed by atoms with Gasteiger partial charge in [-0.1, -0.05) is 13.8 Å². The lowest BCUT2D eigenvalue weighted by atomic mass is 10.2. The van der Waals surface area contributed by atoms with Crippen LogP contribution in [0.15, 0.2) is 0 Å². The first-order valence-electron chi connectivity index (χ1n) is 4.78. The highest BCUT2D eigenvalue weighted by molar-refractivity contribution is 5.98. The van der Waals surface area contributed by atoms with Crippen LogP contribution in [0.1, 0.15) is 13.8 Å². The predicted molar refractivity (Wildman–Crippen MR) is 50.6 cm³/mol. The summed E-state index contributed by atoms with van der Waals surface area (Å²) in [5, 5.41) is 5.33. The van der Waals surface area contributed by atoms with E-state index < -0.39 is 6.10 Å². The molecular formula is C9H16N2O3. The summed E-state index contributed by atoms with van der Waals surface area (Å²) >= 11 is 0. The summed E-state index contributed by atoms with van der Waals surface area (Å²) in [6, 6.07) is 0. The van der Waals surface area contributed by atoms with E-state index in [2.05, 4.69) is 10.6 Å². The number of nitrogens with one attached hydrogen (secondary N) is 2. The largest absolute Gasteiger partial charge is 0.366 e. The zero-order valence-electron chi connectivity index (χ0n) is 8.50. The highest BCUT2D eigenvalue weighted by Gasteiger charge is 2.23. The number of hydrogen-bond acceptors (Lipinski definition) is 4. The van der Waals surface area contributed by atoms with Crippen LogP contribution in [0, 0.1) is 5.92 Å². The van der Waals surface area contributed by atoms with Gasteiger partial charge in [-0.05, 0) is 0 Å². The van der Waals surface area contributed by atoms with Crippen molar-refractivity contribution in [2.24, 2.45) is 5.92 Å². The van der Waals surface area contributed by atoms with Crippen LogP contribution in [-0.4, -0.2) is 37.6 Å². The molecule has 1 heterocycles. The van der Waals surface area contributed by atoms with Crippen LogP contribution in [0.4, 0.5) is 0 Å². The number of amides is 2. The van der Waals surface area contributed by atoms with Gasteiger partial charge >= 0.3 is 0 Å². The molecule has 0 aromatic heterocycles. The van der Waals surface area contributed by atoms with Crippen LogP contribution in [-0.2, 0) is 14.3 Å². The molecule has 2 N–H and O–H groups in total. The first kappa shape index (κ1) is 11.1. The number of rotatable bonds is 2. The molecule has 0 bridgehead atoms. The van der Waals surface area contributed by atoms with Gasteiger partial charge in [0.25, 0.3) is 5.91 Å². The van der Waals surface area contributed by atoms with Gasteiger partial charge in [-0.25, -0.2) is 0 Å². The second-order valence-electron chi connectivity index (χ2n) is 3.57. The molecule has 5 heteroatoms. The van der Waals surface area contributed by atoms with E-state index >= 15 is 0 Å². The molecule has 1 atom stereocenters. The van der Waals surface area contributed by atoms with Gasteiger partial charge in [0, 0.05) is 19.0 Å². The van der Waals surface area contributed by atoms with E-state index in [-0.39, 0.29) is 17.7 Å². The highest BCUT2D eigenvalue weighted by Crippen LogP contribution is 1.97. The molecule has 0 aliphatic carbocycles. The molecule has 0 spiro atoms. The van der Waals surface area contributed by atoms with Crippen molar-refractivity contribution in [1.82, 2.24) is 10.6 Å². The third kappa shape index (κ3) is 3.08. The van der Waals surface area contributed by atoms with Crippen LogP contribution in [0.5, 0.6) is 0 Å². The van der Waals surface area contributed by atoms with Crippen LogP contribution in [0.2, 0.25) is 0 Å². The number of imide groups is 1. The van der Waals surface area contributed by atoms with Gasteiger partial charge in [-0.2, -0.15) is 0 Å². The van der Waals surface area contributed by atoms with E-state index in [1.807, 2.05) is 0 Å². The maximum absolute atomic E-state index is 11.4. The van der Waals surface area contributed by atoms with Gasteiger partial charge in [0.15, 0.2) is 0 Å². The normalized spacial score (nSPS) is 22.1. The van der Waals surface area contributed by atoms with Crippen molar-refractivity contribution in [3.63, 3.8) is 0 Å². The van der Waals surface area contributed by atoms with Crippen molar-refractivity contribution in [1.29, 1.82) is 0 Å². The molecule has 1 unspecified atom stereocenters. The van der Waals surface area contributed by atoms with Gasteiger partial charge in [0.2, 0.25) is 5.91 Å². The molecule has 14 heavy (non-hydrogen) atoms. The summed E-state index contributed by atoms with van der Waals surface area (Å²) in [5.41, 5.74) is 0. The Bertz CT molecular complexity index is 222. The number of morpholine rings is 1. The lowest BCUT2D eigenvalue weighted by Gasteiger charge is -2.22. The fraction of sp³-hybridized carbons (Fsp3) is 0.778. The van der Waals surface area contributed by atoms with E-state index in [1.165, 1.54) is 0 Å². The van der Waals surface area contributed by atoms with Gasteiger partial charge in [-0.3, -0.25) is 14.9 Å². The molecule has 0 aromatic rings. The number of carbonyl (C=O) groups is 2. The Labute approximate surface area is 83.2 Å². The summed E-state index contributed by atoms with van der Waals surface area (Å²) in [4.78, 5) is 22.6. The molecule has 0 aromatic carbocycles. The lowest BCUT2D eigenvalue weighted by molar-refractivity contribution is -0.140. The van der Waals surface area contributed by atoms with Gasteiger partial charge < -0.3 is 10.1 Å². The maximum atomic E-state index is 11.4. The highest BCUT2D eigenvalue weighted by atomic mass is 16.5. The van der Waals surface area contributed by atoms with E-state index in [0.29, 0.717) is 13.2 Å². The van der Waals surface area contributed by atoms with Gasteiger partial charge in [0.1, 0.15) is 6.10 Å². The second kappa shape index (κ2) is 5.07. The summed E-state index contributed by atoms with van der Waals surface area (Å²) < 4.78 is 5.19. The average Bonchev–Trinajstić information content (AvgIpc) is 2.19. The van der Waals surface area contributed by atoms with Gasteiger partial charge in [-0.15, -0.1) is 0 Å². The third-order valence-electron chi connectivity index (χ3n) is 1.99. The zero-order valence-corrected chi connectivity index (χ0v) is 8.50. The molecule has 2 amide bonds. The lowest BCUT2D eigenvalue weighted by Crippen LogP contribution is -2.49. The van der Waals surface area contributed by atoms with Crippen molar-refractivity contribution in [2.45, 2.75) is 20.0 Å². The van der Waals surface area contributed by atoms with E-state index in [0.717, 1.165) is 6.54 Å². The molecule has 1 fully saturated rings. The molecule has 1 rings (SSSR count). The van der Waals surface area contributed by atoms with E-state index in [1.54, 1.807) is 13.8 Å². The summed E-state index contributed by atoms with van der Waals surface area (Å²) in [5.74, 6) is -0.796. The van der Waals surface area contributed by atoms with Crippen molar-refractivity contribution < 1.29 is 14.3 Å². The van der Waals surface area contributed by atoms with Crippen molar-refractivity contribution in [2.75, 3.05) is 19.7 Å². The monoisotopic (exact) mass is 200 g/mol. The summed E-state index contributed by atoms with van der Waals surface area (Å²) in [6.45, 7) is 5.21. The SMILES string of the molecule is CC(C)C(=O)NC(=O)C1CNCCO1. The minimum absolute atomic E-state index is 0.185. The molecular weight excluding hydrogens is 184 g/mol. The van der Waals surface area contributed by atoms with Crippen molar-refractivity contribution in [3.8, 4) is 0 Å². The van der Waals surface area contributed by atoms with E-state index in [4.69, 9.17) is 4.74 Å². The van der Waals surface area contributed by atoms with Crippen molar-refractivity contribution in [3.05, 3.63) is 0 Å². The van der Waals surface area contributed by atoms with Crippen LogP contribution < -0.4 is 10.6 Å². The fourth-order valence-corrected chi connectivity index (χ4v) is 1.08. The molecule has 1 aliphatic heterocycles. The topological polar surface area (TPSA) is 67.4 Å². The van der Waals surface area contributed by atoms with Crippen molar-refractivity contribution >= 4 is 11.8 Å². The number of carbonyl (C=O) groups excluding carboxylic acids is 2. The molecule has 80 valence electrons. The minimum atomic E-state index is -0.536. The molecule has 5 nitrogen and oxygen atoms in total. The summed E-state index contributed by atoms with van der Waals surface area (Å²) in [6.07, 6.45) is -0.536. The average molecular weight is 200 g/mol. The molecule has 0 radical (unpaired) electrons. The first-order chi connectivity index (χ1) is 6.61. The van der Waals surface area contributed by atoms with E-state index in [9.17, 15) is 9.59 Å². The number of hydrogen-bond donors (Lipinski definition) is 2. The van der Waals surface area contributed by atoms with Crippen LogP contribution >= 0.6 is 0 Å². The molecule has 1 saturated heterocycles. The fourth-order valence-electron chi connectivity index (χ4n) is 1.08. The zero-order chi connectivity index (χ0) is 10.6. The Balaban J connectivity index is 2.37. The number of ether oxygens (including phenoxy) is 1. The third-order valence-corrected chi connectivity index (χ3v) is 1.99. The predicted octanol–water partition coefficient (Wildman–Crippen LogP) is -0.726. The smallest absolute Gasteiger partial charge is 0.257 e. The maximum Gasteiger partial charge on any atom is 0.257 e. The Morgan fingerprint density at radius 1 is 1.50 bits per heavy atom. The summed E-state index contributed by atoms with van der Waals surface area (Å²) in [7, 11) is 0. The second-order valence-corrected chi connectivity index (χ2v) is 3.57. The first-order valence-corrected chi connectivity index (χ1v) is 4.78. The van der Waals surface area contributed by atoms with Crippen LogP contribution in [0.3, 0.4) is 0 Å².